The molecule has 0 spiro atoms. The molecule has 0 amide bonds. The second-order valence-electron chi connectivity index (χ2n) is 11.2. The molecule has 214 valence electrons. The summed E-state index contributed by atoms with van der Waals surface area (Å²) in [4.78, 5) is 0. The topological polar surface area (TPSA) is 4.93 Å². The maximum Gasteiger partial charge on any atom is 0.0541 e. The zero-order valence-corrected chi connectivity index (χ0v) is 25.9. The van der Waals surface area contributed by atoms with Crippen molar-refractivity contribution in [3.8, 4) is 5.69 Å². The van der Waals surface area contributed by atoms with E-state index in [-0.39, 0.29) is 0 Å². The standard InChI is InChI=1S/C41H45N/c1-8-18-33(7)35(19-9-2)37-22-14-15-23-39-38-24-16-17-25-40(38)42(34-20-12-11-13-21-34)41(39)29-27-32(6)31(5)26-28-36(37)30(4)10-3/h8-9,11-32H,1-2,10H2,3-7H3/b22-14-,23-15-,28-26-,29-27-,33-18-,35-19+,37-36-. The fourth-order valence-corrected chi connectivity index (χ4v) is 5.53. The van der Waals surface area contributed by atoms with E-state index in [2.05, 4.69) is 168 Å². The van der Waals surface area contributed by atoms with Crippen LogP contribution < -0.4 is 0 Å². The van der Waals surface area contributed by atoms with Crippen molar-refractivity contribution in [2.24, 2.45) is 17.8 Å². The Morgan fingerprint density at radius 2 is 1.48 bits per heavy atom. The maximum absolute atomic E-state index is 4.04. The van der Waals surface area contributed by atoms with Crippen LogP contribution in [0.1, 0.15) is 52.3 Å². The van der Waals surface area contributed by atoms with E-state index in [1.165, 1.54) is 44.5 Å². The first-order chi connectivity index (χ1) is 20.4. The fourth-order valence-electron chi connectivity index (χ4n) is 5.53. The molecule has 0 fully saturated rings. The van der Waals surface area contributed by atoms with Crippen LogP contribution in [0.4, 0.5) is 0 Å². The predicted molar refractivity (Wildman–Crippen MR) is 187 cm³/mol. The Morgan fingerprint density at radius 3 is 2.17 bits per heavy atom. The lowest BCUT2D eigenvalue weighted by molar-refractivity contribution is 0.558. The molecule has 3 aromatic rings. The van der Waals surface area contributed by atoms with Crippen molar-refractivity contribution in [1.29, 1.82) is 0 Å². The molecule has 3 atom stereocenters. The minimum Gasteiger partial charge on any atom is -0.309 e. The van der Waals surface area contributed by atoms with Crippen molar-refractivity contribution in [3.05, 3.63) is 162 Å². The Morgan fingerprint density at radius 1 is 0.833 bits per heavy atom. The lowest BCUT2D eigenvalue weighted by atomic mass is 9.85. The lowest BCUT2D eigenvalue weighted by Crippen LogP contribution is -2.06. The highest BCUT2D eigenvalue weighted by Crippen LogP contribution is 2.34. The highest BCUT2D eigenvalue weighted by atomic mass is 15.0. The zero-order valence-electron chi connectivity index (χ0n) is 25.9. The van der Waals surface area contributed by atoms with Gasteiger partial charge < -0.3 is 4.57 Å². The minimum atomic E-state index is 0.353. The molecule has 1 heteroatoms. The van der Waals surface area contributed by atoms with Crippen molar-refractivity contribution < 1.29 is 0 Å². The van der Waals surface area contributed by atoms with Gasteiger partial charge in [-0.1, -0.05) is 144 Å². The van der Waals surface area contributed by atoms with Gasteiger partial charge in [0.25, 0.3) is 0 Å². The Kier molecular flexibility index (Phi) is 10.6. The summed E-state index contributed by atoms with van der Waals surface area (Å²) in [5.41, 5.74) is 9.69. The molecule has 1 nitrogen and oxygen atoms in total. The monoisotopic (exact) mass is 551 g/mol. The van der Waals surface area contributed by atoms with E-state index in [1.807, 2.05) is 12.2 Å². The number of hydrogen-bond donors (Lipinski definition) is 0. The molecule has 0 saturated heterocycles. The Hall–Kier alpha value is -4.36. The molecular formula is C41H45N. The number of allylic oxidation sites excluding steroid dienone is 14. The van der Waals surface area contributed by atoms with Gasteiger partial charge in [0.05, 0.1) is 11.2 Å². The summed E-state index contributed by atoms with van der Waals surface area (Å²) in [6.45, 7) is 19.4. The van der Waals surface area contributed by atoms with Gasteiger partial charge in [0.2, 0.25) is 0 Å². The number of hydrogen-bond acceptors (Lipinski definition) is 0. The third kappa shape index (κ3) is 6.74. The van der Waals surface area contributed by atoms with Gasteiger partial charge in [-0.05, 0) is 77.7 Å². The molecule has 0 bridgehead atoms. The Labute approximate surface area is 253 Å². The van der Waals surface area contributed by atoms with Crippen LogP contribution in [0, 0.1) is 17.8 Å². The Bertz CT molecular complexity index is 1620. The molecule has 1 aliphatic rings. The number of rotatable bonds is 7. The van der Waals surface area contributed by atoms with Crippen LogP contribution in [-0.2, 0) is 0 Å². The Balaban J connectivity index is 2.01. The summed E-state index contributed by atoms with van der Waals surface area (Å²) >= 11 is 0. The number of para-hydroxylation sites is 2. The largest absolute Gasteiger partial charge is 0.309 e. The number of nitrogens with zero attached hydrogens (tertiary/aromatic N) is 1. The highest BCUT2D eigenvalue weighted by molar-refractivity contribution is 5.95. The third-order valence-corrected chi connectivity index (χ3v) is 8.39. The van der Waals surface area contributed by atoms with Gasteiger partial charge in [-0.15, -0.1) is 0 Å². The molecule has 2 aromatic carbocycles. The molecule has 0 saturated carbocycles. The molecule has 1 aromatic heterocycles. The lowest BCUT2D eigenvalue weighted by Gasteiger charge is -2.20. The van der Waals surface area contributed by atoms with Crippen LogP contribution in [0.2, 0.25) is 0 Å². The first-order valence-corrected chi connectivity index (χ1v) is 15.2. The van der Waals surface area contributed by atoms with Crippen molar-refractivity contribution in [2.45, 2.75) is 41.0 Å². The van der Waals surface area contributed by atoms with Gasteiger partial charge in [-0.2, -0.15) is 0 Å². The van der Waals surface area contributed by atoms with Gasteiger partial charge in [-0.25, -0.2) is 0 Å². The normalized spacial score (nSPS) is 23.8. The minimum absolute atomic E-state index is 0.353. The summed E-state index contributed by atoms with van der Waals surface area (Å²) in [6, 6.07) is 19.4. The second kappa shape index (κ2) is 14.5. The molecule has 1 aliphatic carbocycles. The molecule has 0 N–H and O–H groups in total. The molecule has 1 heterocycles. The summed E-state index contributed by atoms with van der Waals surface area (Å²) in [5, 5.41) is 1.24. The summed E-state index contributed by atoms with van der Waals surface area (Å²) < 4.78 is 2.38. The predicted octanol–water partition coefficient (Wildman–Crippen LogP) is 11.6. The van der Waals surface area contributed by atoms with E-state index in [0.717, 1.165) is 12.1 Å². The van der Waals surface area contributed by atoms with E-state index >= 15 is 0 Å². The highest BCUT2D eigenvalue weighted by Gasteiger charge is 2.17. The van der Waals surface area contributed by atoms with Crippen molar-refractivity contribution in [1.82, 2.24) is 4.57 Å². The van der Waals surface area contributed by atoms with Crippen LogP contribution in [0.15, 0.2) is 151 Å². The van der Waals surface area contributed by atoms with E-state index < -0.39 is 0 Å². The first-order valence-electron chi connectivity index (χ1n) is 15.2. The van der Waals surface area contributed by atoms with Gasteiger partial charge in [0.1, 0.15) is 0 Å². The zero-order chi connectivity index (χ0) is 30.1. The first kappa shape index (κ1) is 30.6. The molecular weight excluding hydrogens is 506 g/mol. The van der Waals surface area contributed by atoms with Crippen LogP contribution in [0.25, 0.3) is 28.7 Å². The number of fused-ring (bicyclic) bond motifs is 3. The van der Waals surface area contributed by atoms with Crippen LogP contribution in [0.5, 0.6) is 0 Å². The van der Waals surface area contributed by atoms with E-state index in [4.69, 9.17) is 0 Å². The number of aromatic nitrogens is 1. The summed E-state index contributed by atoms with van der Waals surface area (Å²) in [5.74, 6) is 1.11. The fraction of sp³-hybridized carbons (Fsp3) is 0.220. The molecule has 0 aliphatic heterocycles. The van der Waals surface area contributed by atoms with Gasteiger partial charge >= 0.3 is 0 Å². The van der Waals surface area contributed by atoms with Gasteiger partial charge in [0.15, 0.2) is 0 Å². The SMILES string of the molecule is C=C\C=C(C)/C(=C\C=C)C1=C(C(C)CC)/C=C\C(C)C(C)/C=C\c2c(c3ccccc3n2-c2ccccc2)\C=C/C=C\1. The van der Waals surface area contributed by atoms with Crippen molar-refractivity contribution in [3.63, 3.8) is 0 Å². The summed E-state index contributed by atoms with van der Waals surface area (Å²) in [7, 11) is 0. The van der Waals surface area contributed by atoms with Gasteiger partial charge in [0, 0.05) is 16.6 Å². The molecule has 4 rings (SSSR count). The average Bonchev–Trinajstić information content (AvgIpc) is 3.32. The molecule has 42 heavy (non-hydrogen) atoms. The van der Waals surface area contributed by atoms with Crippen LogP contribution >= 0.6 is 0 Å². The second-order valence-corrected chi connectivity index (χ2v) is 11.2. The van der Waals surface area contributed by atoms with Crippen molar-refractivity contribution >= 4 is 23.1 Å². The van der Waals surface area contributed by atoms with Crippen molar-refractivity contribution in [2.75, 3.05) is 0 Å². The van der Waals surface area contributed by atoms with E-state index in [1.54, 1.807) is 0 Å². The van der Waals surface area contributed by atoms with Crippen LogP contribution in [-0.4, -0.2) is 4.57 Å². The molecule has 0 radical (unpaired) electrons. The average molecular weight is 552 g/mol. The van der Waals surface area contributed by atoms with Crippen LogP contribution in [0.3, 0.4) is 0 Å². The maximum atomic E-state index is 4.04. The smallest absolute Gasteiger partial charge is 0.0541 e. The third-order valence-electron chi connectivity index (χ3n) is 8.39. The molecule has 3 unspecified atom stereocenters. The van der Waals surface area contributed by atoms with E-state index in [9.17, 15) is 0 Å². The number of benzene rings is 2. The summed E-state index contributed by atoms with van der Waals surface area (Å²) in [6.07, 6.45) is 27.3. The van der Waals surface area contributed by atoms with Gasteiger partial charge in [-0.3, -0.25) is 0 Å². The quantitative estimate of drug-likeness (QED) is 0.257. The van der Waals surface area contributed by atoms with E-state index in [0.29, 0.717) is 17.8 Å².